The smallest absolute Gasteiger partial charge is 0.125 e. The summed E-state index contributed by atoms with van der Waals surface area (Å²) in [5.41, 5.74) is 4.45. The number of aliphatic hydroxyl groups is 1. The Hall–Kier alpha value is -2.00. The first-order chi connectivity index (χ1) is 10.2. The van der Waals surface area contributed by atoms with Crippen molar-refractivity contribution in [3.63, 3.8) is 0 Å². The maximum Gasteiger partial charge on any atom is 0.125 e. The molecule has 110 valence electrons. The molecule has 3 nitrogen and oxygen atoms in total. The highest BCUT2D eigenvalue weighted by atomic mass is 16.5. The molecule has 21 heavy (non-hydrogen) atoms. The van der Waals surface area contributed by atoms with Crippen LogP contribution in [0.5, 0.6) is 11.5 Å². The molecule has 0 saturated carbocycles. The van der Waals surface area contributed by atoms with E-state index in [0.717, 1.165) is 35.5 Å². The van der Waals surface area contributed by atoms with Gasteiger partial charge >= 0.3 is 0 Å². The molecule has 0 spiro atoms. The first-order valence-electron chi connectivity index (χ1n) is 7.24. The van der Waals surface area contributed by atoms with Gasteiger partial charge in [-0.3, -0.25) is 0 Å². The second kappa shape index (κ2) is 5.78. The van der Waals surface area contributed by atoms with E-state index in [4.69, 9.17) is 9.47 Å². The van der Waals surface area contributed by atoms with Crippen molar-refractivity contribution in [2.24, 2.45) is 0 Å². The van der Waals surface area contributed by atoms with Crippen molar-refractivity contribution >= 4 is 0 Å². The van der Waals surface area contributed by atoms with Gasteiger partial charge in [-0.2, -0.15) is 0 Å². The molecule has 0 radical (unpaired) electrons. The number of aliphatic hydroxyl groups excluding tert-OH is 1. The number of methoxy groups -OCH3 is 1. The quantitative estimate of drug-likeness (QED) is 0.933. The van der Waals surface area contributed by atoms with E-state index in [1.165, 1.54) is 11.1 Å². The molecule has 0 amide bonds. The van der Waals surface area contributed by atoms with Crippen LogP contribution in [-0.4, -0.2) is 12.2 Å². The van der Waals surface area contributed by atoms with Crippen molar-refractivity contribution in [2.75, 3.05) is 7.11 Å². The van der Waals surface area contributed by atoms with Crippen molar-refractivity contribution < 1.29 is 14.6 Å². The second-order valence-electron chi connectivity index (χ2n) is 5.52. The van der Waals surface area contributed by atoms with Crippen LogP contribution >= 0.6 is 0 Å². The van der Waals surface area contributed by atoms with Gasteiger partial charge in [-0.05, 0) is 55.2 Å². The molecule has 0 aromatic heterocycles. The lowest BCUT2D eigenvalue weighted by Crippen LogP contribution is -2.00. The van der Waals surface area contributed by atoms with Crippen LogP contribution in [0, 0.1) is 6.92 Å². The van der Waals surface area contributed by atoms with Gasteiger partial charge < -0.3 is 14.6 Å². The largest absolute Gasteiger partial charge is 0.496 e. The number of rotatable bonds is 4. The fraction of sp³-hybridized carbons (Fsp3) is 0.333. The van der Waals surface area contributed by atoms with Gasteiger partial charge in [0.1, 0.15) is 18.1 Å². The Balaban J connectivity index is 1.75. The van der Waals surface area contributed by atoms with E-state index in [-0.39, 0.29) is 6.10 Å². The number of hydrogen-bond acceptors (Lipinski definition) is 3. The van der Waals surface area contributed by atoms with E-state index >= 15 is 0 Å². The highest BCUT2D eigenvalue weighted by Crippen LogP contribution is 2.33. The molecule has 1 atom stereocenters. The lowest BCUT2D eigenvalue weighted by atomic mass is 10.1. The second-order valence-corrected chi connectivity index (χ2v) is 5.52. The third kappa shape index (κ3) is 2.88. The minimum absolute atomic E-state index is 0.314. The molecule has 1 unspecified atom stereocenters. The Morgan fingerprint density at radius 3 is 2.86 bits per heavy atom. The van der Waals surface area contributed by atoms with E-state index in [9.17, 15) is 5.11 Å². The first-order valence-corrected chi connectivity index (χ1v) is 7.24. The van der Waals surface area contributed by atoms with E-state index in [0.29, 0.717) is 6.61 Å². The molecular weight excluding hydrogens is 264 g/mol. The number of aryl methyl sites for hydroxylation is 2. The van der Waals surface area contributed by atoms with E-state index in [1.54, 1.807) is 7.11 Å². The van der Waals surface area contributed by atoms with Crippen molar-refractivity contribution in [3.05, 3.63) is 58.7 Å². The predicted molar refractivity (Wildman–Crippen MR) is 81.8 cm³/mol. The zero-order valence-electron chi connectivity index (χ0n) is 12.4. The number of ether oxygens (including phenoxy) is 2. The van der Waals surface area contributed by atoms with Crippen LogP contribution in [-0.2, 0) is 13.0 Å². The minimum atomic E-state index is -0.314. The van der Waals surface area contributed by atoms with Gasteiger partial charge in [-0.1, -0.05) is 17.7 Å². The van der Waals surface area contributed by atoms with Crippen LogP contribution in [0.15, 0.2) is 36.4 Å². The van der Waals surface area contributed by atoms with Crippen molar-refractivity contribution in [2.45, 2.75) is 32.5 Å². The van der Waals surface area contributed by atoms with Gasteiger partial charge in [-0.15, -0.1) is 0 Å². The fourth-order valence-corrected chi connectivity index (χ4v) is 2.84. The maximum atomic E-state index is 9.82. The lowest BCUT2D eigenvalue weighted by Gasteiger charge is -2.12. The van der Waals surface area contributed by atoms with Crippen LogP contribution in [0.25, 0.3) is 0 Å². The minimum Gasteiger partial charge on any atom is -0.496 e. The molecule has 3 rings (SSSR count). The van der Waals surface area contributed by atoms with E-state index < -0.39 is 0 Å². The maximum absolute atomic E-state index is 9.82. The molecule has 0 bridgehead atoms. The summed E-state index contributed by atoms with van der Waals surface area (Å²) in [6.07, 6.45) is 1.41. The molecular formula is C18H20O3. The van der Waals surface area contributed by atoms with Crippen molar-refractivity contribution in [1.29, 1.82) is 0 Å². The van der Waals surface area contributed by atoms with Crippen molar-refractivity contribution in [1.82, 2.24) is 0 Å². The zero-order chi connectivity index (χ0) is 14.8. The molecule has 0 heterocycles. The topological polar surface area (TPSA) is 38.7 Å². The average Bonchev–Trinajstić information content (AvgIpc) is 2.86. The number of hydrogen-bond donors (Lipinski definition) is 1. The Morgan fingerprint density at radius 2 is 2.05 bits per heavy atom. The monoisotopic (exact) mass is 284 g/mol. The Bertz CT molecular complexity index is 649. The SMILES string of the molecule is COc1ccc(C)cc1COc1ccc2c(c1)CCC2O. The molecule has 1 aliphatic carbocycles. The highest BCUT2D eigenvalue weighted by Gasteiger charge is 2.20. The predicted octanol–water partition coefficient (Wildman–Crippen LogP) is 3.56. The molecule has 0 saturated heterocycles. The molecule has 1 aliphatic rings. The molecule has 1 N–H and O–H groups in total. The summed E-state index contributed by atoms with van der Waals surface area (Å²) in [7, 11) is 1.67. The van der Waals surface area contributed by atoms with Gasteiger partial charge in [0, 0.05) is 5.56 Å². The number of fused-ring (bicyclic) bond motifs is 1. The van der Waals surface area contributed by atoms with Crippen LogP contribution in [0.1, 0.15) is 34.8 Å². The van der Waals surface area contributed by atoms with Gasteiger partial charge in [0.25, 0.3) is 0 Å². The third-order valence-corrected chi connectivity index (χ3v) is 3.99. The average molecular weight is 284 g/mol. The fourth-order valence-electron chi connectivity index (χ4n) is 2.84. The van der Waals surface area contributed by atoms with Crippen LogP contribution in [0.4, 0.5) is 0 Å². The van der Waals surface area contributed by atoms with E-state index in [2.05, 4.69) is 13.0 Å². The standard InChI is InChI=1S/C18H20O3/c1-12-3-8-18(20-2)14(9-12)11-21-15-5-6-16-13(10-15)4-7-17(16)19/h3,5-6,8-10,17,19H,4,7,11H2,1-2H3. The Morgan fingerprint density at radius 1 is 1.19 bits per heavy atom. The molecule has 2 aromatic rings. The van der Waals surface area contributed by atoms with Crippen LogP contribution in [0.2, 0.25) is 0 Å². The number of benzene rings is 2. The third-order valence-electron chi connectivity index (χ3n) is 3.99. The van der Waals surface area contributed by atoms with E-state index in [1.807, 2.05) is 30.3 Å². The zero-order valence-corrected chi connectivity index (χ0v) is 12.4. The van der Waals surface area contributed by atoms with Gasteiger partial charge in [0.05, 0.1) is 13.2 Å². The van der Waals surface area contributed by atoms with Crippen LogP contribution < -0.4 is 9.47 Å². The summed E-state index contributed by atoms with van der Waals surface area (Å²) in [5, 5.41) is 9.82. The molecule has 0 fully saturated rings. The van der Waals surface area contributed by atoms with Gasteiger partial charge in [0.15, 0.2) is 0 Å². The normalized spacial score (nSPS) is 16.6. The summed E-state index contributed by atoms with van der Waals surface area (Å²) in [6.45, 7) is 2.53. The summed E-state index contributed by atoms with van der Waals surface area (Å²) >= 11 is 0. The lowest BCUT2D eigenvalue weighted by molar-refractivity contribution is 0.180. The Kier molecular flexibility index (Phi) is 3.84. The van der Waals surface area contributed by atoms with Crippen LogP contribution in [0.3, 0.4) is 0 Å². The van der Waals surface area contributed by atoms with Gasteiger partial charge in [0.2, 0.25) is 0 Å². The summed E-state index contributed by atoms with van der Waals surface area (Å²) < 4.78 is 11.3. The molecule has 0 aliphatic heterocycles. The van der Waals surface area contributed by atoms with Gasteiger partial charge in [-0.25, -0.2) is 0 Å². The highest BCUT2D eigenvalue weighted by molar-refractivity contribution is 5.41. The summed E-state index contributed by atoms with van der Waals surface area (Å²) in [5.74, 6) is 1.68. The molecule has 3 heteroatoms. The summed E-state index contributed by atoms with van der Waals surface area (Å²) in [4.78, 5) is 0. The first kappa shape index (κ1) is 14.0. The summed E-state index contributed by atoms with van der Waals surface area (Å²) in [6, 6.07) is 12.0. The Labute approximate surface area is 125 Å². The van der Waals surface area contributed by atoms with Crippen molar-refractivity contribution in [3.8, 4) is 11.5 Å². The molecule has 2 aromatic carbocycles.